The largest absolute Gasteiger partial charge is 0.417 e. The second-order valence-corrected chi connectivity index (χ2v) is 11.7. The Kier molecular flexibility index (Phi) is 7.42. The first kappa shape index (κ1) is 26.5. The van der Waals surface area contributed by atoms with Gasteiger partial charge in [-0.2, -0.15) is 13.2 Å². The highest BCUT2D eigenvalue weighted by molar-refractivity contribution is 7.91. The van der Waals surface area contributed by atoms with Crippen LogP contribution in [0, 0.1) is 0 Å². The first-order chi connectivity index (χ1) is 16.9. The van der Waals surface area contributed by atoms with Gasteiger partial charge < -0.3 is 9.80 Å². The summed E-state index contributed by atoms with van der Waals surface area (Å²) in [4.78, 5) is 4.46. The normalized spacial score (nSPS) is 14.9. The molecule has 0 bridgehead atoms. The molecule has 0 N–H and O–H groups in total. The number of anilines is 1. The minimum Gasteiger partial charge on any atom is -0.377 e. The van der Waals surface area contributed by atoms with Crippen LogP contribution in [0.1, 0.15) is 27.8 Å². The number of rotatable bonds is 5. The van der Waals surface area contributed by atoms with Crippen molar-refractivity contribution >= 4 is 27.1 Å². The summed E-state index contributed by atoms with van der Waals surface area (Å²) in [5.74, 6) is 0. The van der Waals surface area contributed by atoms with E-state index in [0.29, 0.717) is 16.8 Å². The van der Waals surface area contributed by atoms with Crippen molar-refractivity contribution < 1.29 is 21.6 Å². The van der Waals surface area contributed by atoms with Crippen molar-refractivity contribution in [2.75, 3.05) is 39.1 Å². The fraction of sp³-hybridized carbons (Fsp3) is 0.333. The van der Waals surface area contributed by atoms with Crippen LogP contribution in [0.2, 0.25) is 5.02 Å². The van der Waals surface area contributed by atoms with E-state index in [9.17, 15) is 21.6 Å². The Morgan fingerprint density at radius 2 is 1.50 bits per heavy atom. The molecule has 0 amide bonds. The Morgan fingerprint density at radius 3 is 2.08 bits per heavy atom. The van der Waals surface area contributed by atoms with Gasteiger partial charge in [0.1, 0.15) is 0 Å². The number of alkyl halides is 3. The summed E-state index contributed by atoms with van der Waals surface area (Å²) < 4.78 is 66.9. The van der Waals surface area contributed by atoms with Crippen LogP contribution < -0.4 is 4.90 Å². The lowest BCUT2D eigenvalue weighted by Gasteiger charge is -2.21. The van der Waals surface area contributed by atoms with E-state index >= 15 is 0 Å². The zero-order valence-electron chi connectivity index (χ0n) is 20.4. The van der Waals surface area contributed by atoms with Crippen LogP contribution in [0.15, 0.2) is 64.4 Å². The molecule has 0 radical (unpaired) electrons. The molecule has 0 saturated heterocycles. The number of benzene rings is 3. The molecule has 0 unspecified atom stereocenters. The van der Waals surface area contributed by atoms with Gasteiger partial charge in [0.2, 0.25) is 9.84 Å². The molecular formula is C27H28ClF3N2O2S. The molecule has 192 valence electrons. The molecule has 1 aliphatic heterocycles. The maximum Gasteiger partial charge on any atom is 0.417 e. The van der Waals surface area contributed by atoms with Crippen molar-refractivity contribution in [2.45, 2.75) is 35.2 Å². The molecule has 3 aromatic rings. The van der Waals surface area contributed by atoms with Gasteiger partial charge >= 0.3 is 6.18 Å². The second kappa shape index (κ2) is 10.1. The first-order valence-electron chi connectivity index (χ1n) is 11.6. The molecule has 0 aromatic heterocycles. The summed E-state index contributed by atoms with van der Waals surface area (Å²) >= 11 is 5.72. The third-order valence-electron chi connectivity index (χ3n) is 6.56. The predicted octanol–water partition coefficient (Wildman–Crippen LogP) is 5.88. The number of sulfone groups is 1. The van der Waals surface area contributed by atoms with Crippen molar-refractivity contribution in [2.24, 2.45) is 0 Å². The van der Waals surface area contributed by atoms with E-state index in [1.54, 1.807) is 24.3 Å². The monoisotopic (exact) mass is 536 g/mol. The minimum absolute atomic E-state index is 0.145. The van der Waals surface area contributed by atoms with Crippen molar-refractivity contribution in [3.63, 3.8) is 0 Å². The van der Waals surface area contributed by atoms with Gasteiger partial charge in [-0.15, -0.1) is 0 Å². The Hall–Kier alpha value is -2.55. The molecule has 0 fully saturated rings. The van der Waals surface area contributed by atoms with Gasteiger partial charge in [0.15, 0.2) is 0 Å². The molecule has 0 atom stereocenters. The van der Waals surface area contributed by atoms with E-state index in [1.807, 2.05) is 25.1 Å². The SMILES string of the molecule is CN1CCc2cc(N(C)C)c(S(=O)(=O)c3ccc(Cc4ccc(Cl)c(C(F)(F)F)c4)cc3)cc2CC1. The van der Waals surface area contributed by atoms with E-state index < -0.39 is 21.6 Å². The number of fused-ring (bicyclic) bond motifs is 1. The fourth-order valence-corrected chi connectivity index (χ4v) is 6.25. The molecule has 3 aromatic carbocycles. The zero-order chi connectivity index (χ0) is 26.3. The summed E-state index contributed by atoms with van der Waals surface area (Å²) in [6.45, 7) is 1.79. The first-order valence-corrected chi connectivity index (χ1v) is 13.4. The van der Waals surface area contributed by atoms with Gasteiger partial charge in [0.05, 0.1) is 26.1 Å². The Morgan fingerprint density at radius 1 is 0.917 bits per heavy atom. The predicted molar refractivity (Wildman–Crippen MR) is 137 cm³/mol. The Balaban J connectivity index is 1.65. The van der Waals surface area contributed by atoms with Crippen LogP contribution in [-0.4, -0.2) is 47.6 Å². The van der Waals surface area contributed by atoms with Gasteiger partial charge in [-0.05, 0) is 85.0 Å². The van der Waals surface area contributed by atoms with Crippen molar-refractivity contribution in [3.05, 3.63) is 87.4 Å². The highest BCUT2D eigenvalue weighted by Gasteiger charge is 2.33. The highest BCUT2D eigenvalue weighted by Crippen LogP contribution is 2.36. The lowest BCUT2D eigenvalue weighted by atomic mass is 10.0. The van der Waals surface area contributed by atoms with E-state index in [1.165, 1.54) is 23.8 Å². The molecule has 9 heteroatoms. The molecule has 0 saturated carbocycles. The summed E-state index contributed by atoms with van der Waals surface area (Å²) in [5, 5.41) is -0.350. The van der Waals surface area contributed by atoms with Crippen LogP contribution in [-0.2, 0) is 35.3 Å². The topological polar surface area (TPSA) is 40.6 Å². The van der Waals surface area contributed by atoms with E-state index in [-0.39, 0.29) is 21.2 Å². The molecule has 1 heterocycles. The second-order valence-electron chi connectivity index (χ2n) is 9.42. The summed E-state index contributed by atoms with van der Waals surface area (Å²) in [6, 6.07) is 13.9. The smallest absolute Gasteiger partial charge is 0.377 e. The number of likely N-dealkylation sites (N-methyl/N-ethyl adjacent to an activating group) is 1. The average Bonchev–Trinajstić information content (AvgIpc) is 3.00. The molecule has 4 nitrogen and oxygen atoms in total. The van der Waals surface area contributed by atoms with Gasteiger partial charge in [0, 0.05) is 27.2 Å². The number of hydrogen-bond acceptors (Lipinski definition) is 4. The van der Waals surface area contributed by atoms with Crippen LogP contribution in [0.4, 0.5) is 18.9 Å². The molecule has 0 spiro atoms. The quantitative estimate of drug-likeness (QED) is 0.408. The zero-order valence-corrected chi connectivity index (χ0v) is 21.9. The van der Waals surface area contributed by atoms with E-state index in [0.717, 1.165) is 37.6 Å². The minimum atomic E-state index is -4.54. The van der Waals surface area contributed by atoms with Gasteiger partial charge in [-0.1, -0.05) is 29.8 Å². The summed E-state index contributed by atoms with van der Waals surface area (Å²) in [7, 11) is 1.90. The van der Waals surface area contributed by atoms with Gasteiger partial charge in [-0.25, -0.2) is 8.42 Å². The molecule has 36 heavy (non-hydrogen) atoms. The lowest BCUT2D eigenvalue weighted by Crippen LogP contribution is -2.20. The molecular weight excluding hydrogens is 509 g/mol. The van der Waals surface area contributed by atoms with Crippen molar-refractivity contribution in [1.82, 2.24) is 4.90 Å². The van der Waals surface area contributed by atoms with E-state index in [2.05, 4.69) is 11.9 Å². The number of halogens is 4. The van der Waals surface area contributed by atoms with Crippen molar-refractivity contribution in [3.8, 4) is 0 Å². The summed E-state index contributed by atoms with van der Waals surface area (Å²) in [6.07, 6.45) is -2.68. The van der Waals surface area contributed by atoms with E-state index in [4.69, 9.17) is 11.6 Å². The third-order valence-corrected chi connectivity index (χ3v) is 8.68. The van der Waals surface area contributed by atoms with Crippen LogP contribution in [0.3, 0.4) is 0 Å². The standard InChI is InChI=1S/C27H28ClF3N2O2S/c1-32(2)25-16-20-10-12-33(3)13-11-21(20)17-26(25)36(34,35)22-7-4-18(5-8-22)14-19-6-9-24(28)23(15-19)27(29,30)31/h4-9,15-17H,10-14H2,1-3H3. The lowest BCUT2D eigenvalue weighted by molar-refractivity contribution is -0.137. The van der Waals surface area contributed by atoms with Gasteiger partial charge in [-0.3, -0.25) is 0 Å². The van der Waals surface area contributed by atoms with Crippen molar-refractivity contribution in [1.29, 1.82) is 0 Å². The maximum atomic E-state index is 13.7. The van der Waals surface area contributed by atoms with Crippen LogP contribution in [0.25, 0.3) is 0 Å². The number of hydrogen-bond donors (Lipinski definition) is 0. The Bertz CT molecular complexity index is 1370. The molecule has 4 rings (SSSR count). The highest BCUT2D eigenvalue weighted by atomic mass is 35.5. The number of nitrogens with zero attached hydrogens (tertiary/aromatic N) is 2. The van der Waals surface area contributed by atoms with Crippen LogP contribution in [0.5, 0.6) is 0 Å². The average molecular weight is 537 g/mol. The molecule has 0 aliphatic carbocycles. The fourth-order valence-electron chi connectivity index (χ4n) is 4.47. The maximum absolute atomic E-state index is 13.7. The third kappa shape index (κ3) is 5.56. The summed E-state index contributed by atoms with van der Waals surface area (Å²) in [5.41, 5.74) is 3.10. The van der Waals surface area contributed by atoms with Crippen LogP contribution >= 0.6 is 11.6 Å². The molecule has 1 aliphatic rings. The Labute approximate surface area is 215 Å². The van der Waals surface area contributed by atoms with Gasteiger partial charge in [0.25, 0.3) is 0 Å².